The van der Waals surface area contributed by atoms with E-state index in [1.54, 1.807) is 0 Å². The van der Waals surface area contributed by atoms with Gasteiger partial charge < -0.3 is 0 Å². The number of aryl methyl sites for hydroxylation is 3. The zero-order chi connectivity index (χ0) is 14.3. The van der Waals surface area contributed by atoms with Crippen molar-refractivity contribution < 1.29 is 0 Å². The monoisotopic (exact) mass is 354 g/mol. The standard InChI is InChI=1S/C15H15PS4/c1-10-4-13(18-7-10)16(17,14-5-11(2)8-19-14)15-6-12(3)9-20-15/h4-9H,1-3H3. The highest BCUT2D eigenvalue weighted by Crippen LogP contribution is 2.47. The van der Waals surface area contributed by atoms with Gasteiger partial charge in [0.05, 0.1) is 6.04 Å². The van der Waals surface area contributed by atoms with E-state index in [1.165, 1.54) is 30.5 Å². The van der Waals surface area contributed by atoms with Gasteiger partial charge in [0.15, 0.2) is 0 Å². The van der Waals surface area contributed by atoms with Gasteiger partial charge >= 0.3 is 0 Å². The minimum atomic E-state index is -1.83. The van der Waals surface area contributed by atoms with Crippen molar-refractivity contribution in [2.75, 3.05) is 0 Å². The van der Waals surface area contributed by atoms with Gasteiger partial charge in [-0.1, -0.05) is 11.8 Å². The molecule has 20 heavy (non-hydrogen) atoms. The lowest BCUT2D eigenvalue weighted by molar-refractivity contribution is 1.56. The van der Waals surface area contributed by atoms with E-state index >= 15 is 0 Å². The molecule has 0 spiro atoms. The van der Waals surface area contributed by atoms with Crippen LogP contribution in [-0.2, 0) is 11.8 Å². The Morgan fingerprint density at radius 2 is 1.00 bits per heavy atom. The molecule has 0 fully saturated rings. The molecule has 0 aromatic carbocycles. The quantitative estimate of drug-likeness (QED) is 0.622. The average Bonchev–Trinajstić information content (AvgIpc) is 3.10. The SMILES string of the molecule is Cc1csc(P(=S)(c2cc(C)cs2)c2cc(C)cs2)c1. The van der Waals surface area contributed by atoms with Gasteiger partial charge in [-0.2, -0.15) is 0 Å². The molecule has 5 heteroatoms. The molecule has 0 saturated heterocycles. The van der Waals surface area contributed by atoms with E-state index in [2.05, 4.69) is 55.1 Å². The van der Waals surface area contributed by atoms with Crippen LogP contribution in [0.1, 0.15) is 16.7 Å². The minimum absolute atomic E-state index is 1.32. The summed E-state index contributed by atoms with van der Waals surface area (Å²) in [6.45, 7) is 6.46. The van der Waals surface area contributed by atoms with Gasteiger partial charge in [0.25, 0.3) is 0 Å². The molecule has 0 bridgehead atoms. The molecule has 0 unspecified atom stereocenters. The largest absolute Gasteiger partial charge is 0.142 e. The number of thiophene rings is 3. The maximum absolute atomic E-state index is 6.28. The normalized spacial score (nSPS) is 11.9. The summed E-state index contributed by atoms with van der Waals surface area (Å²) in [6, 6.07) is 5.04. The molecule has 0 saturated carbocycles. The molecule has 0 nitrogen and oxygen atoms in total. The first-order chi connectivity index (χ1) is 9.50. The van der Waals surface area contributed by atoms with Gasteiger partial charge in [0.1, 0.15) is 0 Å². The highest BCUT2D eigenvalue weighted by Gasteiger charge is 2.29. The van der Waals surface area contributed by atoms with Crippen molar-refractivity contribution in [1.29, 1.82) is 0 Å². The zero-order valence-corrected chi connectivity index (χ0v) is 15.7. The third kappa shape index (κ3) is 2.49. The Labute approximate surface area is 137 Å². The van der Waals surface area contributed by atoms with Crippen LogP contribution in [0.15, 0.2) is 34.3 Å². The van der Waals surface area contributed by atoms with Crippen LogP contribution >= 0.6 is 40.0 Å². The van der Waals surface area contributed by atoms with Crippen molar-refractivity contribution in [3.63, 3.8) is 0 Å². The summed E-state index contributed by atoms with van der Waals surface area (Å²) in [5, 5.41) is 6.66. The van der Waals surface area contributed by atoms with Crippen molar-refractivity contribution >= 4 is 65.7 Å². The first-order valence-electron chi connectivity index (χ1n) is 6.27. The molecule has 3 heterocycles. The summed E-state index contributed by atoms with van der Waals surface area (Å²) in [7, 11) is 0. The number of hydrogen-bond acceptors (Lipinski definition) is 4. The van der Waals surface area contributed by atoms with Gasteiger partial charge in [-0.25, -0.2) is 0 Å². The summed E-state index contributed by atoms with van der Waals surface area (Å²) in [5.41, 5.74) is 3.96. The van der Waals surface area contributed by atoms with Crippen LogP contribution in [0.4, 0.5) is 0 Å². The fourth-order valence-electron chi connectivity index (χ4n) is 2.07. The first-order valence-corrected chi connectivity index (χ1v) is 11.7. The second kappa shape index (κ2) is 5.51. The first kappa shape index (κ1) is 14.7. The predicted molar refractivity (Wildman–Crippen MR) is 100 cm³/mol. The highest BCUT2D eigenvalue weighted by atomic mass is 32.4. The average molecular weight is 355 g/mol. The van der Waals surface area contributed by atoms with Gasteiger partial charge in [0, 0.05) is 13.9 Å². The molecule has 3 rings (SSSR count). The summed E-state index contributed by atoms with van der Waals surface area (Å²) >= 11 is 11.8. The van der Waals surface area contributed by atoms with Crippen molar-refractivity contribution in [3.8, 4) is 0 Å². The van der Waals surface area contributed by atoms with Crippen LogP contribution in [0.3, 0.4) is 0 Å². The molecule has 0 aliphatic carbocycles. The van der Waals surface area contributed by atoms with E-state index in [4.69, 9.17) is 11.8 Å². The van der Waals surface area contributed by atoms with E-state index in [-0.39, 0.29) is 0 Å². The predicted octanol–water partition coefficient (Wildman–Crippen LogP) is 4.55. The zero-order valence-electron chi connectivity index (χ0n) is 11.5. The van der Waals surface area contributed by atoms with Crippen LogP contribution in [0, 0.1) is 20.8 Å². The van der Waals surface area contributed by atoms with E-state index in [1.807, 2.05) is 34.0 Å². The summed E-state index contributed by atoms with van der Waals surface area (Å²) in [6.07, 6.45) is 0. The molecule has 0 amide bonds. The highest BCUT2D eigenvalue weighted by molar-refractivity contribution is 8.29. The van der Waals surface area contributed by atoms with E-state index in [0.29, 0.717) is 0 Å². The van der Waals surface area contributed by atoms with Crippen molar-refractivity contribution in [2.24, 2.45) is 0 Å². The molecule has 0 aliphatic heterocycles. The summed E-state index contributed by atoms with van der Waals surface area (Å²) < 4.78 is 4.11. The number of hydrogen-bond donors (Lipinski definition) is 0. The van der Waals surface area contributed by atoms with Gasteiger partial charge in [-0.3, -0.25) is 0 Å². The fraction of sp³-hybridized carbons (Fsp3) is 0.200. The smallest absolute Gasteiger partial charge is 0.0665 e. The molecule has 3 aromatic rings. The fourth-order valence-corrected chi connectivity index (χ4v) is 11.9. The Kier molecular flexibility index (Phi) is 4.04. The Balaban J connectivity index is 2.25. The number of rotatable bonds is 3. The lowest BCUT2D eigenvalue weighted by atomic mass is 10.4. The van der Waals surface area contributed by atoms with Crippen LogP contribution < -0.4 is 13.9 Å². The topological polar surface area (TPSA) is 0 Å². The van der Waals surface area contributed by atoms with E-state index in [9.17, 15) is 0 Å². The molecule has 3 aromatic heterocycles. The third-order valence-electron chi connectivity index (χ3n) is 3.08. The van der Waals surface area contributed by atoms with E-state index in [0.717, 1.165) is 0 Å². The molecular formula is C15H15PS4. The summed E-state index contributed by atoms with van der Waals surface area (Å²) in [5.74, 6) is 0. The van der Waals surface area contributed by atoms with Gasteiger partial charge in [-0.15, -0.1) is 34.0 Å². The van der Waals surface area contributed by atoms with Gasteiger partial charge in [0.2, 0.25) is 0 Å². The van der Waals surface area contributed by atoms with Crippen LogP contribution in [0.25, 0.3) is 0 Å². The van der Waals surface area contributed by atoms with Crippen molar-refractivity contribution in [3.05, 3.63) is 51.0 Å². The Bertz CT molecular complexity index is 685. The molecule has 0 atom stereocenters. The third-order valence-corrected chi connectivity index (χ3v) is 14.1. The maximum Gasteiger partial charge on any atom is 0.0665 e. The molecule has 0 radical (unpaired) electrons. The Hall–Kier alpha value is -0.250. The van der Waals surface area contributed by atoms with Crippen LogP contribution in [0.2, 0.25) is 0 Å². The Morgan fingerprint density at radius 1 is 0.700 bits per heavy atom. The maximum atomic E-state index is 6.28. The van der Waals surface area contributed by atoms with Crippen molar-refractivity contribution in [1.82, 2.24) is 0 Å². The molecular weight excluding hydrogens is 339 g/mol. The van der Waals surface area contributed by atoms with Crippen LogP contribution in [-0.4, -0.2) is 0 Å². The molecule has 0 aliphatic rings. The molecule has 104 valence electrons. The lowest BCUT2D eigenvalue weighted by Gasteiger charge is -2.17. The molecule has 0 N–H and O–H groups in total. The van der Waals surface area contributed by atoms with Crippen molar-refractivity contribution in [2.45, 2.75) is 20.8 Å². The second-order valence-electron chi connectivity index (χ2n) is 5.00. The second-order valence-corrected chi connectivity index (χ2v) is 12.9. The van der Waals surface area contributed by atoms with E-state index < -0.39 is 6.04 Å². The van der Waals surface area contributed by atoms with Crippen LogP contribution in [0.5, 0.6) is 0 Å². The minimum Gasteiger partial charge on any atom is -0.142 e. The van der Waals surface area contributed by atoms with Gasteiger partial charge in [-0.05, 0) is 71.8 Å². The lowest BCUT2D eigenvalue weighted by Crippen LogP contribution is -2.18. The Morgan fingerprint density at radius 3 is 1.20 bits per heavy atom. The summed E-state index contributed by atoms with van der Waals surface area (Å²) in [4.78, 5) is 0.